The van der Waals surface area contributed by atoms with Crippen LogP contribution in [-0.4, -0.2) is 33.9 Å². The van der Waals surface area contributed by atoms with Crippen molar-refractivity contribution >= 4 is 44.4 Å². The van der Waals surface area contributed by atoms with E-state index in [0.717, 1.165) is 28.8 Å². The highest BCUT2D eigenvalue weighted by Gasteiger charge is 2.28. The molecule has 96 valence electrons. The first-order valence-electron chi connectivity index (χ1n) is 5.66. The molecule has 4 nitrogen and oxygen atoms in total. The van der Waals surface area contributed by atoms with Crippen molar-refractivity contribution in [1.29, 1.82) is 0 Å². The van der Waals surface area contributed by atoms with Gasteiger partial charge < -0.3 is 0 Å². The maximum Gasteiger partial charge on any atom is 0.151 e. The van der Waals surface area contributed by atoms with Gasteiger partial charge in [-0.3, -0.25) is 0 Å². The van der Waals surface area contributed by atoms with Crippen LogP contribution in [0.5, 0.6) is 0 Å². The summed E-state index contributed by atoms with van der Waals surface area (Å²) in [4.78, 5) is 0. The number of rotatable bonds is 3. The third kappa shape index (κ3) is 2.53. The van der Waals surface area contributed by atoms with Crippen LogP contribution in [0.4, 0.5) is 0 Å². The summed E-state index contributed by atoms with van der Waals surface area (Å²) in [5.41, 5.74) is 3.03. The van der Waals surface area contributed by atoms with E-state index in [9.17, 15) is 8.42 Å². The van der Waals surface area contributed by atoms with Crippen molar-refractivity contribution in [1.82, 2.24) is 8.75 Å². The summed E-state index contributed by atoms with van der Waals surface area (Å²) in [6, 6.07) is 5.97. The van der Waals surface area contributed by atoms with E-state index in [1.54, 1.807) is 11.8 Å². The second-order valence-corrected chi connectivity index (χ2v) is 8.43. The molecule has 0 radical (unpaired) electrons. The molecule has 0 saturated carbocycles. The predicted octanol–water partition coefficient (Wildman–Crippen LogP) is 2.11. The van der Waals surface area contributed by atoms with Gasteiger partial charge in [0.15, 0.2) is 9.84 Å². The van der Waals surface area contributed by atoms with Gasteiger partial charge in [-0.2, -0.15) is 20.5 Å². The van der Waals surface area contributed by atoms with E-state index in [1.165, 1.54) is 11.7 Å². The smallest absolute Gasteiger partial charge is 0.151 e. The largest absolute Gasteiger partial charge is 0.229 e. The fourth-order valence-corrected chi connectivity index (χ4v) is 6.28. The van der Waals surface area contributed by atoms with Crippen molar-refractivity contribution in [3.63, 3.8) is 0 Å². The normalized spacial score (nSPS) is 22.6. The first-order chi connectivity index (χ1) is 8.64. The van der Waals surface area contributed by atoms with Gasteiger partial charge in [-0.15, -0.1) is 0 Å². The Hall–Kier alpha value is -0.660. The van der Waals surface area contributed by atoms with E-state index in [2.05, 4.69) is 8.75 Å². The van der Waals surface area contributed by atoms with Crippen molar-refractivity contribution in [2.75, 3.05) is 11.5 Å². The Morgan fingerprint density at radius 1 is 1.39 bits per heavy atom. The van der Waals surface area contributed by atoms with E-state index in [-0.39, 0.29) is 5.25 Å². The predicted molar refractivity (Wildman–Crippen MR) is 75.8 cm³/mol. The Morgan fingerprint density at radius 3 is 3.06 bits per heavy atom. The molecule has 1 aromatic heterocycles. The molecular formula is C11H12N2O2S3. The van der Waals surface area contributed by atoms with Crippen LogP contribution in [0.15, 0.2) is 18.2 Å². The first kappa shape index (κ1) is 12.4. The summed E-state index contributed by atoms with van der Waals surface area (Å²) in [7, 11) is -2.78. The van der Waals surface area contributed by atoms with Crippen LogP contribution in [-0.2, 0) is 15.6 Å². The molecule has 1 aliphatic rings. The van der Waals surface area contributed by atoms with Crippen molar-refractivity contribution in [2.45, 2.75) is 17.4 Å². The lowest BCUT2D eigenvalue weighted by atomic mass is 10.2. The summed E-state index contributed by atoms with van der Waals surface area (Å²) in [6.45, 7) is 0. The Kier molecular flexibility index (Phi) is 3.29. The van der Waals surface area contributed by atoms with Crippen molar-refractivity contribution < 1.29 is 8.42 Å². The lowest BCUT2D eigenvalue weighted by Gasteiger charge is -2.07. The maximum absolute atomic E-state index is 11.4. The van der Waals surface area contributed by atoms with Gasteiger partial charge in [0.25, 0.3) is 0 Å². The minimum absolute atomic E-state index is 0.233. The van der Waals surface area contributed by atoms with Gasteiger partial charge in [0.2, 0.25) is 0 Å². The molecule has 0 bridgehead atoms. The molecule has 2 heterocycles. The van der Waals surface area contributed by atoms with Gasteiger partial charge in [0.05, 0.1) is 23.2 Å². The third-order valence-corrected chi connectivity index (χ3v) is 6.91. The number of sulfone groups is 1. The molecule has 0 spiro atoms. The Bertz CT molecular complexity index is 666. The average Bonchev–Trinajstić information content (AvgIpc) is 2.92. The summed E-state index contributed by atoms with van der Waals surface area (Å²) >= 11 is 2.94. The molecule has 0 N–H and O–H groups in total. The van der Waals surface area contributed by atoms with E-state index in [0.29, 0.717) is 11.5 Å². The molecule has 1 atom stereocenters. The standard InChI is InChI=1S/C11H12N2O2S3/c14-18(15)5-4-9(7-18)16-6-8-2-1-3-10-11(8)13-17-12-10/h1-3,9H,4-7H2/t9-/m0/s1. The number of hydrogen-bond acceptors (Lipinski definition) is 6. The number of thioether (sulfide) groups is 1. The molecule has 1 aliphatic heterocycles. The summed E-state index contributed by atoms with van der Waals surface area (Å²) < 4.78 is 31.3. The minimum Gasteiger partial charge on any atom is -0.229 e. The number of benzene rings is 1. The Balaban J connectivity index is 1.72. The van der Waals surface area contributed by atoms with E-state index in [1.807, 2.05) is 18.2 Å². The monoisotopic (exact) mass is 300 g/mol. The summed E-state index contributed by atoms with van der Waals surface area (Å²) in [5, 5.41) is 0.233. The van der Waals surface area contributed by atoms with Crippen LogP contribution in [0, 0.1) is 0 Å². The van der Waals surface area contributed by atoms with Gasteiger partial charge >= 0.3 is 0 Å². The number of hydrogen-bond donors (Lipinski definition) is 0. The molecule has 1 saturated heterocycles. The minimum atomic E-state index is -2.78. The zero-order chi connectivity index (χ0) is 12.6. The van der Waals surface area contributed by atoms with Crippen LogP contribution in [0.25, 0.3) is 11.0 Å². The van der Waals surface area contributed by atoms with Gasteiger partial charge in [0.1, 0.15) is 11.0 Å². The molecule has 1 aromatic carbocycles. The molecule has 18 heavy (non-hydrogen) atoms. The van der Waals surface area contributed by atoms with Crippen LogP contribution in [0.2, 0.25) is 0 Å². The topological polar surface area (TPSA) is 59.9 Å². The van der Waals surface area contributed by atoms with E-state index < -0.39 is 9.84 Å². The number of fused-ring (bicyclic) bond motifs is 1. The highest BCUT2D eigenvalue weighted by Crippen LogP contribution is 2.29. The maximum atomic E-state index is 11.4. The number of aromatic nitrogens is 2. The van der Waals surface area contributed by atoms with Crippen LogP contribution < -0.4 is 0 Å². The highest BCUT2D eigenvalue weighted by molar-refractivity contribution is 8.01. The fraction of sp³-hybridized carbons (Fsp3) is 0.455. The van der Waals surface area contributed by atoms with Crippen molar-refractivity contribution in [2.24, 2.45) is 0 Å². The Labute approximate surface area is 114 Å². The molecule has 1 fully saturated rings. The molecule has 2 aromatic rings. The SMILES string of the molecule is O=S1(=O)CC[C@H](SCc2cccc3nsnc23)C1. The van der Waals surface area contributed by atoms with Crippen LogP contribution in [0.1, 0.15) is 12.0 Å². The van der Waals surface area contributed by atoms with E-state index >= 15 is 0 Å². The molecule has 3 rings (SSSR count). The zero-order valence-electron chi connectivity index (χ0n) is 9.57. The summed E-state index contributed by atoms with van der Waals surface area (Å²) in [5.74, 6) is 1.47. The van der Waals surface area contributed by atoms with Crippen LogP contribution >= 0.6 is 23.5 Å². The molecule has 0 unspecified atom stereocenters. The average molecular weight is 300 g/mol. The molecular weight excluding hydrogens is 288 g/mol. The highest BCUT2D eigenvalue weighted by atomic mass is 32.2. The summed E-state index contributed by atoms with van der Waals surface area (Å²) in [6.07, 6.45) is 0.776. The molecule has 0 aliphatic carbocycles. The number of nitrogens with zero attached hydrogens (tertiary/aromatic N) is 2. The quantitative estimate of drug-likeness (QED) is 0.869. The van der Waals surface area contributed by atoms with Gasteiger partial charge in [-0.25, -0.2) is 8.42 Å². The lowest BCUT2D eigenvalue weighted by Crippen LogP contribution is -2.06. The van der Waals surface area contributed by atoms with E-state index in [4.69, 9.17) is 0 Å². The lowest BCUT2D eigenvalue weighted by molar-refractivity contribution is 0.602. The van der Waals surface area contributed by atoms with Gasteiger partial charge in [0, 0.05) is 11.0 Å². The molecule has 7 heteroatoms. The fourth-order valence-electron chi connectivity index (χ4n) is 2.08. The van der Waals surface area contributed by atoms with Crippen molar-refractivity contribution in [3.05, 3.63) is 23.8 Å². The second kappa shape index (κ2) is 4.79. The zero-order valence-corrected chi connectivity index (χ0v) is 12.0. The Morgan fingerprint density at radius 2 is 2.28 bits per heavy atom. The third-order valence-electron chi connectivity index (χ3n) is 3.03. The molecule has 0 amide bonds. The van der Waals surface area contributed by atoms with Crippen molar-refractivity contribution in [3.8, 4) is 0 Å². The van der Waals surface area contributed by atoms with Gasteiger partial charge in [-0.05, 0) is 18.1 Å². The van der Waals surface area contributed by atoms with Gasteiger partial charge in [-0.1, -0.05) is 12.1 Å². The second-order valence-electron chi connectivity index (χ2n) is 4.39. The van der Waals surface area contributed by atoms with Crippen LogP contribution in [0.3, 0.4) is 0 Å². The first-order valence-corrected chi connectivity index (χ1v) is 9.26.